The van der Waals surface area contributed by atoms with Gasteiger partial charge < -0.3 is 9.84 Å². The average molecular weight is 412 g/mol. The molecule has 0 saturated heterocycles. The van der Waals surface area contributed by atoms with Crippen molar-refractivity contribution in [2.75, 3.05) is 0 Å². The van der Waals surface area contributed by atoms with Crippen molar-refractivity contribution in [2.24, 2.45) is 10.9 Å². The molecule has 0 aromatic heterocycles. The molecule has 1 fully saturated rings. The van der Waals surface area contributed by atoms with Gasteiger partial charge in [-0.1, -0.05) is 6.07 Å². The Morgan fingerprint density at radius 2 is 1.97 bits per heavy atom. The van der Waals surface area contributed by atoms with E-state index in [2.05, 4.69) is 4.99 Å². The van der Waals surface area contributed by atoms with Crippen LogP contribution in [0.15, 0.2) is 34.5 Å². The summed E-state index contributed by atoms with van der Waals surface area (Å²) in [6, 6.07) is 4.02. The second-order valence-electron chi connectivity index (χ2n) is 8.19. The van der Waals surface area contributed by atoms with E-state index in [9.17, 15) is 24.8 Å². The zero-order valence-corrected chi connectivity index (χ0v) is 16.8. The fourth-order valence-electron chi connectivity index (χ4n) is 4.80. The number of nitro groups is 1. The Hall–Kier alpha value is -3.03. The van der Waals surface area contributed by atoms with E-state index in [0.717, 1.165) is 25.7 Å². The molecule has 158 valence electrons. The number of aromatic hydroxyl groups is 1. The monoisotopic (exact) mass is 412 g/mol. The number of esters is 1. The van der Waals surface area contributed by atoms with Gasteiger partial charge in [-0.25, -0.2) is 0 Å². The first-order chi connectivity index (χ1) is 14.4. The number of ketones is 1. The van der Waals surface area contributed by atoms with Gasteiger partial charge in [0.25, 0.3) is 0 Å². The molecule has 1 N–H and O–H groups in total. The first-order valence-electron chi connectivity index (χ1n) is 10.4. The molecule has 3 aliphatic rings. The van der Waals surface area contributed by atoms with Crippen LogP contribution >= 0.6 is 0 Å². The number of carbonyl (C=O) groups is 2. The van der Waals surface area contributed by atoms with Crippen LogP contribution in [0, 0.1) is 16.0 Å². The number of Topliss-reactive ketones (excluding diaryl/α,β-unsaturated/α-hetero) is 1. The van der Waals surface area contributed by atoms with Crippen molar-refractivity contribution in [3.8, 4) is 5.75 Å². The molecule has 1 aromatic carbocycles. The van der Waals surface area contributed by atoms with E-state index in [4.69, 9.17) is 4.74 Å². The number of aliphatic imine (C=N–C) groups is 1. The van der Waals surface area contributed by atoms with Crippen LogP contribution in [0.2, 0.25) is 0 Å². The van der Waals surface area contributed by atoms with Crippen LogP contribution < -0.4 is 0 Å². The molecule has 30 heavy (non-hydrogen) atoms. The van der Waals surface area contributed by atoms with Gasteiger partial charge in [0.1, 0.15) is 12.0 Å². The number of carbonyl (C=O) groups excluding carboxylic acids is 2. The van der Waals surface area contributed by atoms with Crippen molar-refractivity contribution in [1.29, 1.82) is 0 Å². The number of phenols is 1. The van der Waals surface area contributed by atoms with Gasteiger partial charge in [0, 0.05) is 35.4 Å². The van der Waals surface area contributed by atoms with Gasteiger partial charge in [0.05, 0.1) is 4.92 Å². The lowest BCUT2D eigenvalue weighted by molar-refractivity contribution is -0.385. The Labute approximate surface area is 173 Å². The van der Waals surface area contributed by atoms with Gasteiger partial charge in [0.15, 0.2) is 11.5 Å². The molecule has 0 radical (unpaired) electrons. The van der Waals surface area contributed by atoms with E-state index in [1.54, 1.807) is 6.92 Å². The number of nitro benzene ring substituents is 1. The van der Waals surface area contributed by atoms with E-state index in [1.165, 1.54) is 18.2 Å². The second-order valence-corrected chi connectivity index (χ2v) is 8.19. The van der Waals surface area contributed by atoms with Crippen LogP contribution in [0.1, 0.15) is 63.4 Å². The third-order valence-corrected chi connectivity index (χ3v) is 6.23. The van der Waals surface area contributed by atoms with Crippen LogP contribution in [0.4, 0.5) is 5.69 Å². The molecule has 1 heterocycles. The minimum absolute atomic E-state index is 0.0908. The summed E-state index contributed by atoms with van der Waals surface area (Å²) in [7, 11) is 0. The molecule has 2 aliphatic carbocycles. The third kappa shape index (κ3) is 3.62. The zero-order chi connectivity index (χ0) is 21.4. The molecule has 2 atom stereocenters. The second kappa shape index (κ2) is 8.01. The first kappa shape index (κ1) is 20.3. The van der Waals surface area contributed by atoms with Gasteiger partial charge in [-0.15, -0.1) is 0 Å². The van der Waals surface area contributed by atoms with E-state index in [0.29, 0.717) is 41.8 Å². The molecule has 1 aliphatic heterocycles. The summed E-state index contributed by atoms with van der Waals surface area (Å²) >= 11 is 0. The topological polar surface area (TPSA) is 119 Å². The number of ether oxygens (including phenoxy) is 1. The van der Waals surface area contributed by atoms with Crippen LogP contribution in [0.5, 0.6) is 5.75 Å². The molecule has 1 aromatic rings. The molecule has 8 nitrogen and oxygen atoms in total. The van der Waals surface area contributed by atoms with Gasteiger partial charge in [-0.2, -0.15) is 0 Å². The van der Waals surface area contributed by atoms with Gasteiger partial charge in [0.2, 0.25) is 0 Å². The molecule has 0 spiro atoms. The first-order valence-corrected chi connectivity index (χ1v) is 10.4. The number of hydrogen-bond donors (Lipinski definition) is 1. The van der Waals surface area contributed by atoms with Crippen LogP contribution in [-0.4, -0.2) is 33.6 Å². The summed E-state index contributed by atoms with van der Waals surface area (Å²) in [5, 5.41) is 21.2. The van der Waals surface area contributed by atoms with Crippen molar-refractivity contribution in [3.63, 3.8) is 0 Å². The van der Waals surface area contributed by atoms with Crippen LogP contribution in [0.3, 0.4) is 0 Å². The zero-order valence-electron chi connectivity index (χ0n) is 16.8. The third-order valence-electron chi connectivity index (χ3n) is 6.23. The Morgan fingerprint density at radius 1 is 1.23 bits per heavy atom. The van der Waals surface area contributed by atoms with E-state index >= 15 is 0 Å². The Bertz CT molecular complexity index is 974. The summed E-state index contributed by atoms with van der Waals surface area (Å²) < 4.78 is 5.75. The van der Waals surface area contributed by atoms with Crippen LogP contribution in [0.25, 0.3) is 0 Å². The number of allylic oxidation sites excluding steroid dienone is 2. The van der Waals surface area contributed by atoms with Gasteiger partial charge >= 0.3 is 11.7 Å². The van der Waals surface area contributed by atoms with Crippen molar-refractivity contribution in [1.82, 2.24) is 0 Å². The number of benzene rings is 1. The predicted molar refractivity (Wildman–Crippen MR) is 108 cm³/mol. The Balaban J connectivity index is 1.80. The molecule has 1 unspecified atom stereocenters. The molecular weight excluding hydrogens is 388 g/mol. The lowest BCUT2D eigenvalue weighted by Gasteiger charge is -2.34. The predicted octanol–water partition coefficient (Wildman–Crippen LogP) is 3.97. The SMILES string of the molecule is CC1=NC2=C(C(=O)CCC2)[C@@H](c2ccc(O)c([N+](=O)[O-])c2)C1C(=O)OC1CCCC1. The molecule has 0 amide bonds. The van der Waals surface area contributed by atoms with Crippen molar-refractivity contribution < 1.29 is 24.4 Å². The minimum Gasteiger partial charge on any atom is -0.502 e. The molecule has 4 rings (SSSR count). The fraction of sp³-hybridized carbons (Fsp3) is 0.500. The quantitative estimate of drug-likeness (QED) is 0.454. The van der Waals surface area contributed by atoms with E-state index in [-0.39, 0.29) is 11.9 Å². The lowest BCUT2D eigenvalue weighted by Crippen LogP contribution is -2.38. The highest BCUT2D eigenvalue weighted by Gasteiger charge is 2.44. The summed E-state index contributed by atoms with van der Waals surface area (Å²) in [6.45, 7) is 1.74. The fourth-order valence-corrected chi connectivity index (χ4v) is 4.80. The molecule has 0 bridgehead atoms. The number of hydrogen-bond acceptors (Lipinski definition) is 7. The summed E-state index contributed by atoms with van der Waals surface area (Å²) in [5.41, 5.74) is 1.62. The summed E-state index contributed by atoms with van der Waals surface area (Å²) in [6.07, 6.45) is 5.18. The highest BCUT2D eigenvalue weighted by atomic mass is 16.6. The average Bonchev–Trinajstić information content (AvgIpc) is 3.20. The van der Waals surface area contributed by atoms with Crippen LogP contribution in [-0.2, 0) is 14.3 Å². The lowest BCUT2D eigenvalue weighted by atomic mass is 9.71. The maximum atomic E-state index is 13.2. The minimum atomic E-state index is -0.824. The van der Waals surface area contributed by atoms with Gasteiger partial charge in [-0.3, -0.25) is 24.7 Å². The molecule has 8 heteroatoms. The number of rotatable bonds is 4. The number of phenolic OH excluding ortho intramolecular Hbond substituents is 1. The Kier molecular flexibility index (Phi) is 5.40. The van der Waals surface area contributed by atoms with Crippen molar-refractivity contribution in [2.45, 2.75) is 63.9 Å². The van der Waals surface area contributed by atoms with Crippen molar-refractivity contribution >= 4 is 23.2 Å². The summed E-state index contributed by atoms with van der Waals surface area (Å²) in [4.78, 5) is 41.3. The normalized spacial score (nSPS) is 24.4. The number of nitrogens with zero attached hydrogens (tertiary/aromatic N) is 2. The molecular formula is C22H24N2O6. The van der Waals surface area contributed by atoms with Gasteiger partial charge in [-0.05, 0) is 57.1 Å². The Morgan fingerprint density at radius 3 is 2.67 bits per heavy atom. The maximum absolute atomic E-state index is 13.2. The maximum Gasteiger partial charge on any atom is 0.315 e. The highest BCUT2D eigenvalue weighted by molar-refractivity contribution is 6.08. The van der Waals surface area contributed by atoms with Crippen molar-refractivity contribution in [3.05, 3.63) is 45.1 Å². The largest absolute Gasteiger partial charge is 0.502 e. The smallest absolute Gasteiger partial charge is 0.315 e. The molecule has 1 saturated carbocycles. The highest BCUT2D eigenvalue weighted by Crippen LogP contribution is 2.45. The standard InChI is InChI=1S/C22H24N2O6/c1-12-19(22(27)30-14-5-2-3-6-14)20(21-15(23-12)7-4-8-18(21)26)13-9-10-17(25)16(11-13)24(28)29/h9-11,14,19-20,25H,2-8H2,1H3/t19?,20-/m0/s1. The van der Waals surface area contributed by atoms with E-state index in [1.807, 2.05) is 0 Å². The van der Waals surface area contributed by atoms with E-state index < -0.39 is 34.2 Å². The summed E-state index contributed by atoms with van der Waals surface area (Å²) in [5.74, 6) is -2.53.